The van der Waals surface area contributed by atoms with E-state index in [0.29, 0.717) is 11.4 Å². The third-order valence-electron chi connectivity index (χ3n) is 2.70. The highest BCUT2D eigenvalue weighted by molar-refractivity contribution is 5.71. The fourth-order valence-corrected chi connectivity index (χ4v) is 1.77. The van der Waals surface area contributed by atoms with Crippen LogP contribution in [0.15, 0.2) is 36.4 Å². The third kappa shape index (κ3) is 3.05. The van der Waals surface area contributed by atoms with Crippen molar-refractivity contribution in [2.75, 3.05) is 10.7 Å². The van der Waals surface area contributed by atoms with E-state index >= 15 is 0 Å². The molecule has 0 spiro atoms. The standard InChI is InChI=1S/C13H10FN5O2/c14-12-2-1-3-13(11(12)7-15)17-8-4-9(18-16)6-10(5-8)19(20)21/h1-6,17-18H,16H2. The summed E-state index contributed by atoms with van der Waals surface area (Å²) in [6.07, 6.45) is 0. The van der Waals surface area contributed by atoms with E-state index in [2.05, 4.69) is 10.7 Å². The van der Waals surface area contributed by atoms with Crippen molar-refractivity contribution in [3.8, 4) is 6.07 Å². The second-order valence-electron chi connectivity index (χ2n) is 4.07. The molecule has 8 heteroatoms. The molecule has 0 aliphatic carbocycles. The summed E-state index contributed by atoms with van der Waals surface area (Å²) in [4.78, 5) is 10.3. The number of hydrogen-bond acceptors (Lipinski definition) is 6. The van der Waals surface area contributed by atoms with Gasteiger partial charge >= 0.3 is 0 Å². The first-order valence-electron chi connectivity index (χ1n) is 5.77. The van der Waals surface area contributed by atoms with E-state index in [1.54, 1.807) is 6.07 Å². The molecule has 106 valence electrons. The highest BCUT2D eigenvalue weighted by Crippen LogP contribution is 2.28. The van der Waals surface area contributed by atoms with Gasteiger partial charge in [0.1, 0.15) is 17.4 Å². The average Bonchev–Trinajstić information content (AvgIpc) is 2.47. The summed E-state index contributed by atoms with van der Waals surface area (Å²) >= 11 is 0. The first kappa shape index (κ1) is 14.2. The Morgan fingerprint density at radius 1 is 1.29 bits per heavy atom. The SMILES string of the molecule is N#Cc1c(F)cccc1Nc1cc(NN)cc([N+](=O)[O-])c1. The Labute approximate surface area is 118 Å². The molecule has 0 aromatic heterocycles. The van der Waals surface area contributed by atoms with Crippen molar-refractivity contribution >= 4 is 22.7 Å². The number of nitro benzene ring substituents is 1. The summed E-state index contributed by atoms with van der Waals surface area (Å²) in [6.45, 7) is 0. The first-order valence-corrected chi connectivity index (χ1v) is 5.77. The minimum absolute atomic E-state index is 0.175. The lowest BCUT2D eigenvalue weighted by Crippen LogP contribution is -2.07. The Hall–Kier alpha value is -3.18. The van der Waals surface area contributed by atoms with Crippen molar-refractivity contribution in [2.45, 2.75) is 0 Å². The molecule has 0 fully saturated rings. The molecule has 7 nitrogen and oxygen atoms in total. The molecule has 0 bridgehead atoms. The summed E-state index contributed by atoms with van der Waals surface area (Å²) in [6, 6.07) is 9.83. The van der Waals surface area contributed by atoms with Crippen LogP contribution in [0.4, 0.5) is 27.1 Å². The number of nitrogens with one attached hydrogen (secondary N) is 2. The van der Waals surface area contributed by atoms with Gasteiger partial charge in [-0.25, -0.2) is 4.39 Å². The highest BCUT2D eigenvalue weighted by Gasteiger charge is 2.12. The van der Waals surface area contributed by atoms with E-state index in [4.69, 9.17) is 11.1 Å². The van der Waals surface area contributed by atoms with E-state index in [-0.39, 0.29) is 16.9 Å². The molecule has 0 heterocycles. The molecule has 0 aliphatic heterocycles. The number of nitrogens with zero attached hydrogens (tertiary/aromatic N) is 2. The van der Waals surface area contributed by atoms with Gasteiger partial charge in [-0.2, -0.15) is 5.26 Å². The molecule has 0 atom stereocenters. The first-order chi connectivity index (χ1) is 10.0. The van der Waals surface area contributed by atoms with Crippen molar-refractivity contribution < 1.29 is 9.31 Å². The monoisotopic (exact) mass is 287 g/mol. The molecule has 2 aromatic rings. The number of anilines is 3. The number of halogens is 1. The number of non-ortho nitro benzene ring substituents is 1. The molecule has 2 aromatic carbocycles. The van der Waals surface area contributed by atoms with Crippen LogP contribution in [0.2, 0.25) is 0 Å². The summed E-state index contributed by atoms with van der Waals surface area (Å²) in [7, 11) is 0. The summed E-state index contributed by atoms with van der Waals surface area (Å²) in [5.74, 6) is 4.57. The van der Waals surface area contributed by atoms with Crippen LogP contribution in [0.5, 0.6) is 0 Å². The van der Waals surface area contributed by atoms with Gasteiger partial charge in [0.05, 0.1) is 16.3 Å². The minimum Gasteiger partial charge on any atom is -0.354 e. The lowest BCUT2D eigenvalue weighted by molar-refractivity contribution is -0.384. The van der Waals surface area contributed by atoms with Crippen molar-refractivity contribution in [1.29, 1.82) is 5.26 Å². The van der Waals surface area contributed by atoms with Crippen molar-refractivity contribution in [3.63, 3.8) is 0 Å². The zero-order chi connectivity index (χ0) is 15.4. The number of rotatable bonds is 4. The molecule has 0 radical (unpaired) electrons. The zero-order valence-electron chi connectivity index (χ0n) is 10.6. The summed E-state index contributed by atoms with van der Waals surface area (Å²) in [5, 5.41) is 22.6. The molecule has 0 aliphatic rings. The van der Waals surface area contributed by atoms with Gasteiger partial charge in [-0.15, -0.1) is 0 Å². The quantitative estimate of drug-likeness (QED) is 0.452. The molecular weight excluding hydrogens is 277 g/mol. The Morgan fingerprint density at radius 2 is 2.00 bits per heavy atom. The number of nitro groups is 1. The van der Waals surface area contributed by atoms with Crippen molar-refractivity contribution in [1.82, 2.24) is 0 Å². The van der Waals surface area contributed by atoms with Gasteiger partial charge in [0.2, 0.25) is 0 Å². The van der Waals surface area contributed by atoms with Crippen LogP contribution in [0.1, 0.15) is 5.56 Å². The fraction of sp³-hybridized carbons (Fsp3) is 0. The second-order valence-corrected chi connectivity index (χ2v) is 4.07. The van der Waals surface area contributed by atoms with Gasteiger partial charge in [-0.1, -0.05) is 6.07 Å². The molecule has 0 saturated carbocycles. The number of hydrazine groups is 1. The number of nitriles is 1. The lowest BCUT2D eigenvalue weighted by atomic mass is 10.1. The van der Waals surface area contributed by atoms with E-state index in [9.17, 15) is 14.5 Å². The zero-order valence-corrected chi connectivity index (χ0v) is 10.6. The van der Waals surface area contributed by atoms with Gasteiger partial charge in [-0.3, -0.25) is 16.0 Å². The van der Waals surface area contributed by atoms with Crippen LogP contribution in [0.25, 0.3) is 0 Å². The van der Waals surface area contributed by atoms with Crippen LogP contribution in [-0.4, -0.2) is 4.92 Å². The molecule has 4 N–H and O–H groups in total. The lowest BCUT2D eigenvalue weighted by Gasteiger charge is -2.10. The molecule has 21 heavy (non-hydrogen) atoms. The molecule has 0 unspecified atom stereocenters. The normalized spacial score (nSPS) is 9.76. The second kappa shape index (κ2) is 5.85. The van der Waals surface area contributed by atoms with Gasteiger partial charge in [0, 0.05) is 17.8 Å². The number of benzene rings is 2. The predicted octanol–water partition coefficient (Wildman–Crippen LogP) is 2.63. The van der Waals surface area contributed by atoms with E-state index in [1.807, 2.05) is 0 Å². The van der Waals surface area contributed by atoms with Gasteiger partial charge in [0.15, 0.2) is 0 Å². The maximum Gasteiger partial charge on any atom is 0.273 e. The maximum atomic E-state index is 13.5. The average molecular weight is 287 g/mol. The Bertz CT molecular complexity index is 742. The molecule has 0 amide bonds. The Balaban J connectivity index is 2.45. The molecular formula is C13H10FN5O2. The van der Waals surface area contributed by atoms with Crippen LogP contribution >= 0.6 is 0 Å². The van der Waals surface area contributed by atoms with Crippen LogP contribution in [0.3, 0.4) is 0 Å². The third-order valence-corrected chi connectivity index (χ3v) is 2.70. The van der Waals surface area contributed by atoms with Gasteiger partial charge < -0.3 is 10.7 Å². The minimum atomic E-state index is -0.676. The van der Waals surface area contributed by atoms with Crippen LogP contribution in [-0.2, 0) is 0 Å². The summed E-state index contributed by atoms with van der Waals surface area (Å²) in [5.41, 5.74) is 2.76. The van der Waals surface area contributed by atoms with Gasteiger partial charge in [-0.05, 0) is 18.2 Å². The topological polar surface area (TPSA) is 117 Å². The van der Waals surface area contributed by atoms with Gasteiger partial charge in [0.25, 0.3) is 5.69 Å². The summed E-state index contributed by atoms with van der Waals surface area (Å²) < 4.78 is 13.5. The Kier molecular flexibility index (Phi) is 3.97. The molecule has 0 saturated heterocycles. The van der Waals surface area contributed by atoms with E-state index in [1.165, 1.54) is 30.3 Å². The largest absolute Gasteiger partial charge is 0.354 e. The molecule has 2 rings (SSSR count). The number of hydrogen-bond donors (Lipinski definition) is 3. The predicted molar refractivity (Wildman–Crippen MR) is 75.3 cm³/mol. The van der Waals surface area contributed by atoms with Crippen LogP contribution in [0, 0.1) is 27.3 Å². The Morgan fingerprint density at radius 3 is 2.62 bits per heavy atom. The van der Waals surface area contributed by atoms with E-state index < -0.39 is 10.7 Å². The number of nitrogen functional groups attached to an aromatic ring is 1. The number of nitrogens with two attached hydrogens (primary N) is 1. The van der Waals surface area contributed by atoms with Crippen molar-refractivity contribution in [2.24, 2.45) is 5.84 Å². The fourth-order valence-electron chi connectivity index (χ4n) is 1.77. The van der Waals surface area contributed by atoms with Crippen molar-refractivity contribution in [3.05, 3.63) is 57.9 Å². The highest BCUT2D eigenvalue weighted by atomic mass is 19.1. The maximum absolute atomic E-state index is 13.5. The van der Waals surface area contributed by atoms with Crippen LogP contribution < -0.4 is 16.6 Å². The van der Waals surface area contributed by atoms with E-state index in [0.717, 1.165) is 6.07 Å². The smallest absolute Gasteiger partial charge is 0.273 e.